The number of hydrogen-bond donors (Lipinski definition) is 1. The molecule has 4 atom stereocenters. The maximum atomic E-state index is 11.9. The molecule has 4 heteroatoms. The summed E-state index contributed by atoms with van der Waals surface area (Å²) in [6.45, 7) is 8.06. The molecular weight excluding hydrogens is 304 g/mol. The first kappa shape index (κ1) is 17.2. The van der Waals surface area contributed by atoms with Crippen LogP contribution in [0, 0.1) is 5.92 Å². The van der Waals surface area contributed by atoms with Crippen LogP contribution in [0.2, 0.25) is 0 Å². The normalized spacial score (nSPS) is 39.0. The van der Waals surface area contributed by atoms with Crippen molar-refractivity contribution in [3.8, 4) is 0 Å². The minimum absolute atomic E-state index is 0.0416. The number of aliphatic hydroxyl groups is 1. The van der Waals surface area contributed by atoms with E-state index >= 15 is 0 Å². The van der Waals surface area contributed by atoms with Crippen LogP contribution in [0.3, 0.4) is 0 Å². The summed E-state index contributed by atoms with van der Waals surface area (Å²) in [6.07, 6.45) is 9.32. The van der Waals surface area contributed by atoms with Gasteiger partial charge in [-0.1, -0.05) is 29.9 Å². The molecule has 2 bridgehead atoms. The molecule has 1 aliphatic carbocycles. The molecule has 1 N–H and O–H groups in total. The van der Waals surface area contributed by atoms with Gasteiger partial charge in [-0.2, -0.15) is 0 Å². The van der Waals surface area contributed by atoms with E-state index in [1.165, 1.54) is 5.57 Å². The number of hydrogen-bond acceptors (Lipinski definition) is 4. The highest BCUT2D eigenvalue weighted by molar-refractivity contribution is 5.91. The molecule has 3 aliphatic rings. The molecule has 130 valence electrons. The van der Waals surface area contributed by atoms with E-state index in [4.69, 9.17) is 9.47 Å². The van der Waals surface area contributed by atoms with E-state index in [1.807, 2.05) is 19.1 Å². The summed E-state index contributed by atoms with van der Waals surface area (Å²) in [6, 6.07) is 0. The van der Waals surface area contributed by atoms with Gasteiger partial charge in [0, 0.05) is 11.5 Å². The third-order valence-corrected chi connectivity index (χ3v) is 5.12. The molecule has 4 nitrogen and oxygen atoms in total. The first-order valence-corrected chi connectivity index (χ1v) is 8.71. The molecule has 0 amide bonds. The Morgan fingerprint density at radius 3 is 2.79 bits per heavy atom. The standard InChI is InChI=1S/C20H26O4/c1-12-5-4-6-15-11-16(23-20(15)22)9-13(2)10-18-17(8-7-12)14(3)19(21)24-18/h5,10-11,16-18,20,22H,3-4,6-9H2,1-2H3/b12-5+,13-10+. The summed E-state index contributed by atoms with van der Waals surface area (Å²) in [5, 5.41) is 10.0. The van der Waals surface area contributed by atoms with Crippen molar-refractivity contribution in [2.24, 2.45) is 5.92 Å². The van der Waals surface area contributed by atoms with Gasteiger partial charge in [0.1, 0.15) is 6.10 Å². The van der Waals surface area contributed by atoms with Gasteiger partial charge in [0.05, 0.1) is 6.10 Å². The second kappa shape index (κ2) is 7.08. The first-order valence-electron chi connectivity index (χ1n) is 8.71. The SMILES string of the molecule is C=C1C(=O)OC2/C=C(\C)CC3C=C(CC/C=C(\C)CCC12)C(O)O3. The highest BCUT2D eigenvalue weighted by Gasteiger charge is 2.37. The second-order valence-corrected chi connectivity index (χ2v) is 7.12. The zero-order valence-electron chi connectivity index (χ0n) is 14.5. The third-order valence-electron chi connectivity index (χ3n) is 5.12. The summed E-state index contributed by atoms with van der Waals surface area (Å²) in [5.41, 5.74) is 3.95. The van der Waals surface area contributed by atoms with E-state index in [1.54, 1.807) is 0 Å². The Kier molecular flexibility index (Phi) is 5.07. The maximum Gasteiger partial charge on any atom is 0.334 e. The van der Waals surface area contributed by atoms with Gasteiger partial charge >= 0.3 is 5.97 Å². The van der Waals surface area contributed by atoms with E-state index in [0.717, 1.165) is 36.8 Å². The van der Waals surface area contributed by atoms with E-state index in [0.29, 0.717) is 12.0 Å². The Labute approximate surface area is 143 Å². The predicted octanol–water partition coefficient (Wildman–Crippen LogP) is 3.58. The number of carbonyl (C=O) groups excluding carboxylic acids is 1. The van der Waals surface area contributed by atoms with Crippen LogP contribution < -0.4 is 0 Å². The van der Waals surface area contributed by atoms with Gasteiger partial charge in [-0.25, -0.2) is 4.79 Å². The van der Waals surface area contributed by atoms with E-state index in [-0.39, 0.29) is 24.1 Å². The number of rotatable bonds is 0. The van der Waals surface area contributed by atoms with Gasteiger partial charge in [0.15, 0.2) is 6.29 Å². The molecule has 0 aromatic heterocycles. The molecule has 0 radical (unpaired) electrons. The largest absolute Gasteiger partial charge is 0.454 e. The fourth-order valence-electron chi connectivity index (χ4n) is 3.68. The molecular formula is C20H26O4. The number of fused-ring (bicyclic) bond motifs is 2. The molecule has 4 unspecified atom stereocenters. The molecule has 1 saturated heterocycles. The third kappa shape index (κ3) is 3.70. The van der Waals surface area contributed by atoms with Gasteiger partial charge in [-0.05, 0) is 57.6 Å². The molecule has 0 aromatic rings. The zero-order chi connectivity index (χ0) is 17.3. The highest BCUT2D eigenvalue weighted by Crippen LogP contribution is 2.34. The van der Waals surface area contributed by atoms with Gasteiger partial charge in [0.25, 0.3) is 0 Å². The maximum absolute atomic E-state index is 11.9. The second-order valence-electron chi connectivity index (χ2n) is 7.12. The van der Waals surface area contributed by atoms with Crippen molar-refractivity contribution in [1.82, 2.24) is 0 Å². The van der Waals surface area contributed by atoms with Crippen molar-refractivity contribution in [3.63, 3.8) is 0 Å². The number of ether oxygens (including phenoxy) is 2. The first-order chi connectivity index (χ1) is 11.4. The summed E-state index contributed by atoms with van der Waals surface area (Å²) in [4.78, 5) is 11.9. The highest BCUT2D eigenvalue weighted by atomic mass is 16.6. The van der Waals surface area contributed by atoms with Crippen molar-refractivity contribution in [3.05, 3.63) is 47.1 Å². The predicted molar refractivity (Wildman–Crippen MR) is 92.1 cm³/mol. The molecule has 0 saturated carbocycles. The lowest BCUT2D eigenvalue weighted by Gasteiger charge is -2.17. The van der Waals surface area contributed by atoms with Crippen molar-refractivity contribution in [1.29, 1.82) is 0 Å². The lowest BCUT2D eigenvalue weighted by molar-refractivity contribution is -0.137. The Morgan fingerprint density at radius 1 is 1.21 bits per heavy atom. The zero-order valence-corrected chi connectivity index (χ0v) is 14.5. The topological polar surface area (TPSA) is 55.8 Å². The van der Waals surface area contributed by atoms with E-state index in [2.05, 4.69) is 19.6 Å². The summed E-state index contributed by atoms with van der Waals surface area (Å²) >= 11 is 0. The number of aliphatic hydroxyl groups excluding tert-OH is 1. The molecule has 24 heavy (non-hydrogen) atoms. The summed E-state index contributed by atoms with van der Waals surface area (Å²) in [5.74, 6) is -0.241. The number of esters is 1. The smallest absolute Gasteiger partial charge is 0.334 e. The van der Waals surface area contributed by atoms with Crippen molar-refractivity contribution in [2.75, 3.05) is 0 Å². The van der Waals surface area contributed by atoms with E-state index < -0.39 is 6.29 Å². The van der Waals surface area contributed by atoms with Crippen LogP contribution >= 0.6 is 0 Å². The van der Waals surface area contributed by atoms with Crippen LogP contribution in [0.5, 0.6) is 0 Å². The Hall–Kier alpha value is -1.65. The van der Waals surface area contributed by atoms with Crippen LogP contribution in [-0.4, -0.2) is 29.6 Å². The molecule has 2 aliphatic heterocycles. The lowest BCUT2D eigenvalue weighted by Crippen LogP contribution is -2.16. The molecule has 1 fully saturated rings. The Bertz CT molecular complexity index is 626. The van der Waals surface area contributed by atoms with Gasteiger partial charge < -0.3 is 14.6 Å². The monoisotopic (exact) mass is 330 g/mol. The van der Waals surface area contributed by atoms with Gasteiger partial charge in [-0.15, -0.1) is 0 Å². The number of carbonyl (C=O) groups is 1. The summed E-state index contributed by atoms with van der Waals surface area (Å²) < 4.78 is 11.1. The quantitative estimate of drug-likeness (QED) is 0.419. The van der Waals surface area contributed by atoms with Crippen LogP contribution in [0.1, 0.15) is 46.0 Å². The van der Waals surface area contributed by atoms with Crippen LogP contribution in [-0.2, 0) is 14.3 Å². The molecule has 3 rings (SSSR count). The Balaban J connectivity index is 1.85. The molecule has 0 spiro atoms. The van der Waals surface area contributed by atoms with Gasteiger partial charge in [0.2, 0.25) is 0 Å². The van der Waals surface area contributed by atoms with Crippen LogP contribution in [0.4, 0.5) is 0 Å². The minimum Gasteiger partial charge on any atom is -0.454 e. The fourth-order valence-corrected chi connectivity index (χ4v) is 3.68. The fraction of sp³-hybridized carbons (Fsp3) is 0.550. The lowest BCUT2D eigenvalue weighted by atomic mass is 9.89. The van der Waals surface area contributed by atoms with E-state index in [9.17, 15) is 9.90 Å². The molecule has 2 heterocycles. The Morgan fingerprint density at radius 2 is 2.00 bits per heavy atom. The summed E-state index contributed by atoms with van der Waals surface area (Å²) in [7, 11) is 0. The van der Waals surface area contributed by atoms with Crippen molar-refractivity contribution >= 4 is 5.97 Å². The van der Waals surface area contributed by atoms with Crippen LogP contribution in [0.15, 0.2) is 47.1 Å². The van der Waals surface area contributed by atoms with Crippen LogP contribution in [0.25, 0.3) is 0 Å². The number of allylic oxidation sites excluding steroid dienone is 2. The minimum atomic E-state index is -0.793. The van der Waals surface area contributed by atoms with Gasteiger partial charge in [-0.3, -0.25) is 0 Å². The van der Waals surface area contributed by atoms with Crippen molar-refractivity contribution < 1.29 is 19.4 Å². The molecule has 0 aromatic carbocycles. The van der Waals surface area contributed by atoms with Crippen molar-refractivity contribution in [2.45, 2.75) is 64.4 Å². The average Bonchev–Trinajstić information content (AvgIpc) is 2.97. The average molecular weight is 330 g/mol.